The van der Waals surface area contributed by atoms with Crippen LogP contribution in [0.15, 0.2) is 48.5 Å². The molecule has 2 N–H and O–H groups in total. The molecule has 2 aromatic carbocycles. The molecule has 0 spiro atoms. The van der Waals surface area contributed by atoms with Gasteiger partial charge in [-0.1, -0.05) is 63.4 Å². The van der Waals surface area contributed by atoms with E-state index in [0.29, 0.717) is 11.8 Å². The smallest absolute Gasteiger partial charge is 0.335 e. The molecule has 0 saturated heterocycles. The molecule has 4 heteroatoms. The summed E-state index contributed by atoms with van der Waals surface area (Å²) in [6, 6.07) is 14.9. The number of carboxylic acids is 1. The average molecular weight is 364 g/mol. The van der Waals surface area contributed by atoms with Crippen molar-refractivity contribution in [2.75, 3.05) is 0 Å². The van der Waals surface area contributed by atoms with Gasteiger partial charge in [0, 0.05) is 6.42 Å². The molecule has 4 rings (SSSR count). The van der Waals surface area contributed by atoms with Gasteiger partial charge >= 0.3 is 5.97 Å². The zero-order valence-corrected chi connectivity index (χ0v) is 16.2. The summed E-state index contributed by atoms with van der Waals surface area (Å²) in [6.07, 6.45) is 8.02. The Kier molecular flexibility index (Phi) is 5.94. The number of nitrogens with zero attached hydrogens (tertiary/aromatic N) is 1. The molecule has 0 radical (unpaired) electrons. The zero-order chi connectivity index (χ0) is 19.3. The first-order valence-corrected chi connectivity index (χ1v) is 9.69. The minimum atomic E-state index is -0.930. The molecule has 3 aromatic rings. The standard InChI is InChI=1S/C15H12N2O2.C8H16/c18-15(19)11-6-7-12-13(9-11)17-14(16-12)8-10-4-2-1-3-5-10;1-8(2)6-4-3-5-7-8/h1-7,9H,8H2,(H,16,17)(H,18,19);3-7H2,1-2H3. The van der Waals surface area contributed by atoms with Crippen LogP contribution >= 0.6 is 0 Å². The quantitative estimate of drug-likeness (QED) is 0.614. The largest absolute Gasteiger partial charge is 0.478 e. The highest BCUT2D eigenvalue weighted by molar-refractivity contribution is 5.92. The number of hydrogen-bond acceptors (Lipinski definition) is 2. The van der Waals surface area contributed by atoms with Gasteiger partial charge in [-0.15, -0.1) is 0 Å². The Morgan fingerprint density at radius 1 is 1.07 bits per heavy atom. The zero-order valence-electron chi connectivity index (χ0n) is 16.2. The molecule has 4 nitrogen and oxygen atoms in total. The first-order valence-electron chi connectivity index (χ1n) is 9.69. The number of hydrogen-bond donors (Lipinski definition) is 2. The highest BCUT2D eigenvalue weighted by Gasteiger charge is 2.19. The van der Waals surface area contributed by atoms with Crippen molar-refractivity contribution >= 4 is 17.0 Å². The van der Waals surface area contributed by atoms with Crippen LogP contribution in [0.2, 0.25) is 0 Å². The lowest BCUT2D eigenvalue weighted by Gasteiger charge is -2.28. The molecule has 27 heavy (non-hydrogen) atoms. The van der Waals surface area contributed by atoms with Crippen LogP contribution in [0.3, 0.4) is 0 Å². The van der Waals surface area contributed by atoms with Crippen LogP contribution in [0.4, 0.5) is 0 Å². The number of H-pyrrole nitrogens is 1. The van der Waals surface area contributed by atoms with Gasteiger partial charge in [0.25, 0.3) is 0 Å². The fourth-order valence-electron chi connectivity index (χ4n) is 3.58. The van der Waals surface area contributed by atoms with E-state index in [4.69, 9.17) is 5.11 Å². The van der Waals surface area contributed by atoms with Crippen molar-refractivity contribution in [1.82, 2.24) is 9.97 Å². The number of rotatable bonds is 3. The van der Waals surface area contributed by atoms with E-state index in [1.54, 1.807) is 18.2 Å². The fraction of sp³-hybridized carbons (Fsp3) is 0.391. The van der Waals surface area contributed by atoms with E-state index in [9.17, 15) is 4.79 Å². The van der Waals surface area contributed by atoms with Crippen LogP contribution in [0.25, 0.3) is 11.0 Å². The maximum atomic E-state index is 10.9. The van der Waals surface area contributed by atoms with E-state index in [0.717, 1.165) is 16.9 Å². The Balaban J connectivity index is 0.000000221. The topological polar surface area (TPSA) is 66.0 Å². The Labute approximate surface area is 160 Å². The third-order valence-corrected chi connectivity index (χ3v) is 5.20. The van der Waals surface area contributed by atoms with Gasteiger partial charge in [-0.2, -0.15) is 0 Å². The summed E-state index contributed by atoms with van der Waals surface area (Å²) >= 11 is 0. The van der Waals surface area contributed by atoms with Gasteiger partial charge in [0.05, 0.1) is 16.6 Å². The number of aromatic nitrogens is 2. The van der Waals surface area contributed by atoms with Gasteiger partial charge in [-0.05, 0) is 42.0 Å². The van der Waals surface area contributed by atoms with Crippen molar-refractivity contribution in [3.05, 3.63) is 65.5 Å². The van der Waals surface area contributed by atoms with Crippen molar-refractivity contribution < 1.29 is 9.90 Å². The van der Waals surface area contributed by atoms with Crippen LogP contribution in [0, 0.1) is 5.41 Å². The molecule has 0 bridgehead atoms. The molecule has 1 aliphatic carbocycles. The molecule has 142 valence electrons. The van der Waals surface area contributed by atoms with Gasteiger partial charge in [-0.25, -0.2) is 9.78 Å². The summed E-state index contributed by atoms with van der Waals surface area (Å²) in [5.74, 6) is -0.0927. The summed E-state index contributed by atoms with van der Waals surface area (Å²) in [5.41, 5.74) is 3.65. The van der Waals surface area contributed by atoms with E-state index in [2.05, 4.69) is 23.8 Å². The SMILES string of the molecule is CC1(C)CCCCC1.O=C(O)c1ccc2nc(Cc3ccccc3)[nH]c2c1. The van der Waals surface area contributed by atoms with Crippen molar-refractivity contribution in [3.8, 4) is 0 Å². The molecule has 0 amide bonds. The van der Waals surface area contributed by atoms with Crippen LogP contribution in [-0.4, -0.2) is 21.0 Å². The molecule has 0 aliphatic heterocycles. The number of nitrogens with one attached hydrogen (secondary N) is 1. The number of fused-ring (bicyclic) bond motifs is 1. The first-order chi connectivity index (χ1) is 12.9. The maximum Gasteiger partial charge on any atom is 0.335 e. The minimum Gasteiger partial charge on any atom is -0.478 e. The second-order valence-electron chi connectivity index (χ2n) is 8.11. The van der Waals surface area contributed by atoms with Gasteiger partial charge < -0.3 is 10.1 Å². The molecule has 0 atom stereocenters. The Morgan fingerprint density at radius 3 is 2.37 bits per heavy atom. The van der Waals surface area contributed by atoms with Crippen LogP contribution in [0.1, 0.15) is 67.7 Å². The number of carbonyl (C=O) groups is 1. The lowest BCUT2D eigenvalue weighted by atomic mass is 9.78. The van der Waals surface area contributed by atoms with Gasteiger partial charge in [0.2, 0.25) is 0 Å². The highest BCUT2D eigenvalue weighted by Crippen LogP contribution is 2.34. The van der Waals surface area contributed by atoms with Gasteiger partial charge in [0.15, 0.2) is 0 Å². The number of imidazole rings is 1. The summed E-state index contributed by atoms with van der Waals surface area (Å²) < 4.78 is 0. The summed E-state index contributed by atoms with van der Waals surface area (Å²) in [5, 5.41) is 8.95. The molecule has 0 unspecified atom stereocenters. The predicted molar refractivity (Wildman–Crippen MR) is 109 cm³/mol. The van der Waals surface area contributed by atoms with Gasteiger partial charge in [0.1, 0.15) is 5.82 Å². The highest BCUT2D eigenvalue weighted by atomic mass is 16.4. The number of aromatic carboxylic acids is 1. The van der Waals surface area contributed by atoms with E-state index in [-0.39, 0.29) is 5.56 Å². The van der Waals surface area contributed by atoms with Crippen molar-refractivity contribution in [2.45, 2.75) is 52.4 Å². The second-order valence-corrected chi connectivity index (χ2v) is 8.11. The van der Waals surface area contributed by atoms with Gasteiger partial charge in [-0.3, -0.25) is 0 Å². The molecule has 1 heterocycles. The van der Waals surface area contributed by atoms with E-state index in [1.807, 2.05) is 30.3 Å². The monoisotopic (exact) mass is 364 g/mol. The molecular formula is C23H28N2O2. The lowest BCUT2D eigenvalue weighted by Crippen LogP contribution is -2.14. The summed E-state index contributed by atoms with van der Waals surface area (Å²) in [6.45, 7) is 4.76. The predicted octanol–water partition coefficient (Wildman–Crippen LogP) is 5.83. The first kappa shape index (κ1) is 19.2. The minimum absolute atomic E-state index is 0.266. The normalized spacial score (nSPS) is 15.8. The molecule has 1 aromatic heterocycles. The molecule has 1 fully saturated rings. The second kappa shape index (κ2) is 8.38. The Hall–Kier alpha value is -2.62. The number of carboxylic acid groups (broad SMARTS) is 1. The fourth-order valence-corrected chi connectivity index (χ4v) is 3.58. The molecule has 1 aliphatic rings. The molecule has 1 saturated carbocycles. The summed E-state index contributed by atoms with van der Waals surface area (Å²) in [4.78, 5) is 18.5. The van der Waals surface area contributed by atoms with E-state index < -0.39 is 5.97 Å². The van der Waals surface area contributed by atoms with Crippen LogP contribution < -0.4 is 0 Å². The number of benzene rings is 2. The Morgan fingerprint density at radius 2 is 1.78 bits per heavy atom. The summed E-state index contributed by atoms with van der Waals surface area (Å²) in [7, 11) is 0. The van der Waals surface area contributed by atoms with Crippen molar-refractivity contribution in [3.63, 3.8) is 0 Å². The van der Waals surface area contributed by atoms with Crippen molar-refractivity contribution in [1.29, 1.82) is 0 Å². The number of aromatic amines is 1. The molecular weight excluding hydrogens is 336 g/mol. The van der Waals surface area contributed by atoms with E-state index >= 15 is 0 Å². The van der Waals surface area contributed by atoms with E-state index in [1.165, 1.54) is 37.7 Å². The van der Waals surface area contributed by atoms with Crippen LogP contribution in [0.5, 0.6) is 0 Å². The third kappa shape index (κ3) is 5.43. The van der Waals surface area contributed by atoms with Crippen molar-refractivity contribution in [2.24, 2.45) is 5.41 Å². The average Bonchev–Trinajstić information content (AvgIpc) is 3.04. The maximum absolute atomic E-state index is 10.9. The Bertz CT molecular complexity index is 889. The lowest BCUT2D eigenvalue weighted by molar-refractivity contribution is 0.0697. The third-order valence-electron chi connectivity index (χ3n) is 5.20. The van der Waals surface area contributed by atoms with Crippen LogP contribution in [-0.2, 0) is 6.42 Å².